The molecular formula is C28H50O12. The lowest BCUT2D eigenvalue weighted by atomic mass is 10.2. The molecule has 0 amide bonds. The number of unbranched alkanes of at least 4 members (excludes halogenated alkanes) is 1. The van der Waals surface area contributed by atoms with Gasteiger partial charge in [0.05, 0.1) is 104 Å². The Morgan fingerprint density at radius 1 is 0.575 bits per heavy atom. The van der Waals surface area contributed by atoms with E-state index in [-0.39, 0.29) is 31.0 Å². The Balaban J connectivity index is 0.000000968. The molecule has 12 nitrogen and oxygen atoms in total. The topological polar surface area (TPSA) is 152 Å². The minimum atomic E-state index is -0.366. The highest BCUT2D eigenvalue weighted by molar-refractivity contribution is 5.89. The van der Waals surface area contributed by atoms with Crippen LogP contribution in [0, 0.1) is 0 Å². The third kappa shape index (κ3) is 27.7. The van der Waals surface area contributed by atoms with Crippen LogP contribution >= 0.6 is 0 Å². The maximum absolute atomic E-state index is 11.3. The zero-order valence-corrected chi connectivity index (χ0v) is 24.1. The number of hydrogen-bond donors (Lipinski definition) is 3. The molecule has 1 rings (SSSR count). The minimum absolute atomic E-state index is 0.0363. The highest BCUT2D eigenvalue weighted by atomic mass is 16.6. The van der Waals surface area contributed by atoms with Gasteiger partial charge >= 0.3 is 5.97 Å². The standard InChI is InChI=1S/C18H38O9.C10H12O3/c19-3-7-23-11-15-25-13-9-21-5-1-2-6-22-10-14-26-17-18-27-16-12-24-8-4-20;1-7(2)13-10(12)8-3-5-9(11)6-4-8/h19-20H,1-18H2;3-7,11H,1-2H3. The van der Waals surface area contributed by atoms with E-state index in [1.807, 2.05) is 0 Å². The summed E-state index contributed by atoms with van der Waals surface area (Å²) in [5, 5.41) is 26.0. The van der Waals surface area contributed by atoms with E-state index in [2.05, 4.69) is 0 Å². The number of aliphatic hydroxyl groups excluding tert-OH is 2. The summed E-state index contributed by atoms with van der Waals surface area (Å²) < 4.78 is 42.0. The van der Waals surface area contributed by atoms with Gasteiger partial charge in [0.25, 0.3) is 0 Å². The van der Waals surface area contributed by atoms with Crippen molar-refractivity contribution in [3.05, 3.63) is 29.8 Å². The quantitative estimate of drug-likeness (QED) is 0.109. The van der Waals surface area contributed by atoms with Crippen molar-refractivity contribution in [3.63, 3.8) is 0 Å². The average molecular weight is 579 g/mol. The van der Waals surface area contributed by atoms with Crippen LogP contribution in [0.1, 0.15) is 37.0 Å². The monoisotopic (exact) mass is 578 g/mol. The second-order valence-corrected chi connectivity index (χ2v) is 8.44. The average Bonchev–Trinajstić information content (AvgIpc) is 2.94. The van der Waals surface area contributed by atoms with E-state index < -0.39 is 0 Å². The molecule has 0 fully saturated rings. The molecule has 0 aliphatic rings. The summed E-state index contributed by atoms with van der Waals surface area (Å²) in [7, 11) is 0. The van der Waals surface area contributed by atoms with E-state index in [0.717, 1.165) is 12.8 Å². The molecule has 40 heavy (non-hydrogen) atoms. The Hall–Kier alpha value is -1.87. The van der Waals surface area contributed by atoms with E-state index in [9.17, 15) is 4.79 Å². The van der Waals surface area contributed by atoms with Gasteiger partial charge in [-0.25, -0.2) is 4.79 Å². The fourth-order valence-corrected chi connectivity index (χ4v) is 2.72. The van der Waals surface area contributed by atoms with Crippen molar-refractivity contribution in [3.8, 4) is 5.75 Å². The molecule has 3 N–H and O–H groups in total. The van der Waals surface area contributed by atoms with Crippen LogP contribution in [0.25, 0.3) is 0 Å². The van der Waals surface area contributed by atoms with Gasteiger partial charge in [0, 0.05) is 13.2 Å². The van der Waals surface area contributed by atoms with Crippen LogP contribution in [0.3, 0.4) is 0 Å². The van der Waals surface area contributed by atoms with Crippen LogP contribution < -0.4 is 0 Å². The summed E-state index contributed by atoms with van der Waals surface area (Å²) >= 11 is 0. The van der Waals surface area contributed by atoms with Crippen molar-refractivity contribution in [1.29, 1.82) is 0 Å². The first-order valence-corrected chi connectivity index (χ1v) is 13.8. The maximum atomic E-state index is 11.3. The summed E-state index contributed by atoms with van der Waals surface area (Å²) in [6.45, 7) is 11.1. The number of esters is 1. The third-order valence-corrected chi connectivity index (χ3v) is 4.60. The fraction of sp³-hybridized carbons (Fsp3) is 0.750. The highest BCUT2D eigenvalue weighted by Gasteiger charge is 2.08. The number of carbonyl (C=O) groups excluding carboxylic acids is 1. The molecule has 0 unspecified atom stereocenters. The molecule has 0 saturated carbocycles. The van der Waals surface area contributed by atoms with Gasteiger partial charge in [-0.05, 0) is 51.0 Å². The molecule has 1 aromatic carbocycles. The van der Waals surface area contributed by atoms with Crippen molar-refractivity contribution >= 4 is 5.97 Å². The number of aromatic hydroxyl groups is 1. The van der Waals surface area contributed by atoms with Gasteiger partial charge < -0.3 is 53.2 Å². The largest absolute Gasteiger partial charge is 0.508 e. The second kappa shape index (κ2) is 30.1. The number of ether oxygens (including phenoxy) is 8. The lowest BCUT2D eigenvalue weighted by Gasteiger charge is -2.08. The SMILES string of the molecule is CC(C)OC(=O)c1ccc(O)cc1.OCCOCCOCCOCCCCOCCOCCOCCOCCO. The number of phenolic OH excluding ortho intramolecular Hbond substituents is 1. The maximum Gasteiger partial charge on any atom is 0.338 e. The summed E-state index contributed by atoms with van der Waals surface area (Å²) in [6.07, 6.45) is 1.78. The number of benzene rings is 1. The van der Waals surface area contributed by atoms with Crippen LogP contribution in [-0.2, 0) is 37.9 Å². The van der Waals surface area contributed by atoms with Crippen molar-refractivity contribution in [2.24, 2.45) is 0 Å². The Morgan fingerprint density at radius 2 is 0.900 bits per heavy atom. The van der Waals surface area contributed by atoms with Gasteiger partial charge in [-0.2, -0.15) is 0 Å². The number of rotatable bonds is 26. The summed E-state index contributed by atoms with van der Waals surface area (Å²) in [4.78, 5) is 11.3. The van der Waals surface area contributed by atoms with Crippen LogP contribution in [0.15, 0.2) is 24.3 Å². The molecule has 1 aromatic rings. The normalized spacial score (nSPS) is 10.9. The Kier molecular flexibility index (Phi) is 28.7. The first kappa shape index (κ1) is 38.1. The molecular weight excluding hydrogens is 528 g/mol. The molecule has 0 aromatic heterocycles. The molecule has 0 bridgehead atoms. The van der Waals surface area contributed by atoms with Crippen LogP contribution in [0.5, 0.6) is 5.75 Å². The number of carbonyl (C=O) groups is 1. The Bertz CT molecular complexity index is 633. The van der Waals surface area contributed by atoms with Gasteiger partial charge in [-0.1, -0.05) is 0 Å². The van der Waals surface area contributed by atoms with Gasteiger partial charge in [-0.15, -0.1) is 0 Å². The van der Waals surface area contributed by atoms with Crippen molar-refractivity contribution in [2.45, 2.75) is 32.8 Å². The number of phenols is 1. The van der Waals surface area contributed by atoms with Crippen LogP contribution in [0.4, 0.5) is 0 Å². The molecule has 0 atom stereocenters. The first-order chi connectivity index (χ1) is 19.5. The van der Waals surface area contributed by atoms with E-state index in [4.69, 9.17) is 53.2 Å². The first-order valence-electron chi connectivity index (χ1n) is 13.8. The predicted octanol–water partition coefficient (Wildman–Crippen LogP) is 1.82. The molecule has 234 valence electrons. The van der Waals surface area contributed by atoms with Crippen molar-refractivity contribution in [2.75, 3.05) is 106 Å². The molecule has 0 aliphatic heterocycles. The number of hydrogen-bond acceptors (Lipinski definition) is 12. The van der Waals surface area contributed by atoms with Gasteiger partial charge in [0.1, 0.15) is 5.75 Å². The zero-order valence-electron chi connectivity index (χ0n) is 24.1. The smallest absolute Gasteiger partial charge is 0.338 e. The van der Waals surface area contributed by atoms with Gasteiger partial charge in [0.2, 0.25) is 0 Å². The second-order valence-electron chi connectivity index (χ2n) is 8.44. The molecule has 0 heterocycles. The van der Waals surface area contributed by atoms with E-state index in [0.29, 0.717) is 98.1 Å². The molecule has 0 aliphatic carbocycles. The minimum Gasteiger partial charge on any atom is -0.508 e. The summed E-state index contributed by atoms with van der Waals surface area (Å²) in [6, 6.07) is 5.97. The zero-order chi connectivity index (χ0) is 29.5. The lowest BCUT2D eigenvalue weighted by Crippen LogP contribution is -2.13. The van der Waals surface area contributed by atoms with Crippen molar-refractivity contribution in [1.82, 2.24) is 0 Å². The van der Waals surface area contributed by atoms with Gasteiger partial charge in [0.15, 0.2) is 0 Å². The van der Waals surface area contributed by atoms with E-state index in [1.54, 1.807) is 13.8 Å². The molecule has 0 radical (unpaired) electrons. The predicted molar refractivity (Wildman–Crippen MR) is 148 cm³/mol. The Morgan fingerprint density at radius 3 is 1.23 bits per heavy atom. The molecule has 0 spiro atoms. The van der Waals surface area contributed by atoms with Crippen molar-refractivity contribution < 1.29 is 58.0 Å². The number of aliphatic hydroxyl groups is 2. The highest BCUT2D eigenvalue weighted by Crippen LogP contribution is 2.11. The molecule has 0 saturated heterocycles. The lowest BCUT2D eigenvalue weighted by molar-refractivity contribution is -0.00705. The van der Waals surface area contributed by atoms with E-state index >= 15 is 0 Å². The fourth-order valence-electron chi connectivity index (χ4n) is 2.72. The van der Waals surface area contributed by atoms with Crippen LogP contribution in [0.2, 0.25) is 0 Å². The van der Waals surface area contributed by atoms with Crippen LogP contribution in [-0.4, -0.2) is 133 Å². The molecule has 12 heteroatoms. The summed E-state index contributed by atoms with van der Waals surface area (Å²) in [5.74, 6) is -0.226. The van der Waals surface area contributed by atoms with E-state index in [1.165, 1.54) is 24.3 Å². The van der Waals surface area contributed by atoms with Gasteiger partial charge in [-0.3, -0.25) is 0 Å². The third-order valence-electron chi connectivity index (χ3n) is 4.60. The summed E-state index contributed by atoms with van der Waals surface area (Å²) in [5.41, 5.74) is 0.450. The Labute approximate surface area is 238 Å².